The van der Waals surface area contributed by atoms with Crippen molar-refractivity contribution >= 4 is 0 Å². The molecule has 0 aromatic carbocycles. The molecule has 8 unspecified atom stereocenters. The molecule has 0 spiro atoms. The third kappa shape index (κ3) is 3.88. The van der Waals surface area contributed by atoms with Crippen LogP contribution in [0.5, 0.6) is 0 Å². The van der Waals surface area contributed by atoms with Crippen LogP contribution in [0.1, 0.15) is 98.3 Å². The maximum absolute atomic E-state index is 12.8. The fourth-order valence-corrected chi connectivity index (χ4v) is 8.16. The first-order valence-corrected chi connectivity index (χ1v) is 11.9. The molecule has 28 heavy (non-hydrogen) atoms. The molecular weight excluding hydrogens is 361 g/mol. The monoisotopic (exact) mass is 402 g/mol. The predicted octanol–water partition coefficient (Wildman–Crippen LogP) is 7.37. The van der Waals surface area contributed by atoms with Gasteiger partial charge < -0.3 is 5.11 Å². The average Bonchev–Trinajstić information content (AvgIpc) is 2.98. The van der Waals surface area contributed by atoms with Crippen LogP contribution in [0.4, 0.5) is 13.2 Å². The Labute approximate surface area is 169 Å². The fourth-order valence-electron chi connectivity index (χ4n) is 8.16. The first kappa shape index (κ1) is 22.4. The van der Waals surface area contributed by atoms with Gasteiger partial charge in [-0.25, -0.2) is 0 Å². The number of hydrogen-bond donors (Lipinski definition) is 1. The molecule has 4 fully saturated rings. The van der Waals surface area contributed by atoms with E-state index < -0.39 is 12.6 Å². The maximum atomic E-state index is 12.8. The third-order valence-corrected chi connectivity index (χ3v) is 9.61. The Kier molecular flexibility index (Phi) is 6.50. The van der Waals surface area contributed by atoms with E-state index in [9.17, 15) is 18.3 Å². The molecule has 0 heterocycles. The lowest BCUT2D eigenvalue weighted by molar-refractivity contribution is -0.146. The Morgan fingerprint density at radius 3 is 2.18 bits per heavy atom. The van der Waals surface area contributed by atoms with Crippen LogP contribution in [-0.4, -0.2) is 17.4 Å². The highest BCUT2D eigenvalue weighted by molar-refractivity contribution is 5.09. The van der Waals surface area contributed by atoms with Crippen LogP contribution >= 0.6 is 0 Å². The summed E-state index contributed by atoms with van der Waals surface area (Å²) in [4.78, 5) is 0. The number of rotatable bonds is 2. The summed E-state index contributed by atoms with van der Waals surface area (Å²) in [5.74, 6) is 2.98. The van der Waals surface area contributed by atoms with E-state index in [-0.39, 0.29) is 17.4 Å². The van der Waals surface area contributed by atoms with Crippen molar-refractivity contribution in [2.24, 2.45) is 40.4 Å². The summed E-state index contributed by atoms with van der Waals surface area (Å²) in [5.41, 5.74) is 0.483. The van der Waals surface area contributed by atoms with Gasteiger partial charge in [0.25, 0.3) is 0 Å². The van der Waals surface area contributed by atoms with Crippen molar-refractivity contribution in [1.82, 2.24) is 0 Å². The number of aliphatic hydroxyl groups is 1. The standard InChI is InChI=1S/C22H35F3O.C2H6/c1-20-11-9-19-17(5-3-15-13-16(26)8-10-21(15,19)2)18(20)6-4-14(20)7-12-22(23,24)25;1-2/h14-19,26H,3-13H2,1-2H3;1-2H3. The average molecular weight is 403 g/mol. The quantitative estimate of drug-likeness (QED) is 0.511. The molecule has 0 radical (unpaired) electrons. The van der Waals surface area contributed by atoms with Crippen molar-refractivity contribution in [1.29, 1.82) is 0 Å². The van der Waals surface area contributed by atoms with Gasteiger partial charge in [0.15, 0.2) is 0 Å². The van der Waals surface area contributed by atoms with Crippen LogP contribution in [0.2, 0.25) is 0 Å². The summed E-state index contributed by atoms with van der Waals surface area (Å²) in [6.45, 7) is 8.79. The summed E-state index contributed by atoms with van der Waals surface area (Å²) < 4.78 is 38.3. The molecule has 4 heteroatoms. The van der Waals surface area contributed by atoms with Crippen molar-refractivity contribution in [2.75, 3.05) is 0 Å². The van der Waals surface area contributed by atoms with Gasteiger partial charge in [-0.1, -0.05) is 27.7 Å². The molecule has 164 valence electrons. The Morgan fingerprint density at radius 2 is 1.50 bits per heavy atom. The molecule has 1 nitrogen and oxygen atoms in total. The van der Waals surface area contributed by atoms with Crippen LogP contribution < -0.4 is 0 Å². The molecule has 0 aromatic heterocycles. The second-order valence-corrected chi connectivity index (χ2v) is 10.6. The van der Waals surface area contributed by atoms with Crippen LogP contribution in [0.15, 0.2) is 0 Å². The Hall–Kier alpha value is -0.250. The van der Waals surface area contributed by atoms with Crippen LogP contribution in [0, 0.1) is 40.4 Å². The maximum Gasteiger partial charge on any atom is 0.389 e. The molecule has 1 N–H and O–H groups in total. The van der Waals surface area contributed by atoms with Gasteiger partial charge in [0, 0.05) is 6.42 Å². The number of fused-ring (bicyclic) bond motifs is 5. The van der Waals surface area contributed by atoms with Crippen molar-refractivity contribution in [3.63, 3.8) is 0 Å². The minimum Gasteiger partial charge on any atom is -0.393 e. The van der Waals surface area contributed by atoms with Gasteiger partial charge in [-0.3, -0.25) is 0 Å². The lowest BCUT2D eigenvalue weighted by Crippen LogP contribution is -2.53. The second kappa shape index (κ2) is 8.12. The van der Waals surface area contributed by atoms with Crippen molar-refractivity contribution in [3.8, 4) is 0 Å². The second-order valence-electron chi connectivity index (χ2n) is 10.6. The van der Waals surface area contributed by atoms with Gasteiger partial charge in [0.05, 0.1) is 6.10 Å². The SMILES string of the molecule is CC.CC12CCC3C(CCC4CC(O)CCC43C)C1CCC2CCC(F)(F)F. The summed E-state index contributed by atoms with van der Waals surface area (Å²) in [6, 6.07) is 0. The van der Waals surface area contributed by atoms with E-state index in [1.54, 1.807) is 0 Å². The largest absolute Gasteiger partial charge is 0.393 e. The summed E-state index contributed by atoms with van der Waals surface area (Å²) in [6.07, 6.45) is 5.56. The summed E-state index contributed by atoms with van der Waals surface area (Å²) >= 11 is 0. The van der Waals surface area contributed by atoms with Crippen molar-refractivity contribution < 1.29 is 18.3 Å². The Balaban J connectivity index is 0.00000109. The molecular formula is C24H41F3O. The highest BCUT2D eigenvalue weighted by Gasteiger charge is 2.60. The zero-order valence-electron chi connectivity index (χ0n) is 18.3. The highest BCUT2D eigenvalue weighted by atomic mass is 19.4. The highest BCUT2D eigenvalue weighted by Crippen LogP contribution is 2.68. The van der Waals surface area contributed by atoms with Crippen LogP contribution in [-0.2, 0) is 0 Å². The molecule has 4 aliphatic rings. The molecule has 4 aliphatic carbocycles. The number of aliphatic hydroxyl groups excluding tert-OH is 1. The summed E-state index contributed by atoms with van der Waals surface area (Å²) in [5, 5.41) is 10.1. The smallest absolute Gasteiger partial charge is 0.389 e. The minimum atomic E-state index is -4.01. The predicted molar refractivity (Wildman–Crippen MR) is 108 cm³/mol. The molecule has 8 atom stereocenters. The lowest BCUT2D eigenvalue weighted by atomic mass is 9.44. The van der Waals surface area contributed by atoms with Crippen molar-refractivity contribution in [2.45, 2.75) is 111 Å². The molecule has 0 amide bonds. The zero-order chi connectivity index (χ0) is 20.7. The van der Waals surface area contributed by atoms with Gasteiger partial charge >= 0.3 is 6.18 Å². The molecule has 0 saturated heterocycles. The molecule has 0 aliphatic heterocycles. The van der Waals surface area contributed by atoms with Gasteiger partial charge in [-0.05, 0) is 105 Å². The van der Waals surface area contributed by atoms with Gasteiger partial charge in [0.2, 0.25) is 0 Å². The number of halogens is 3. The van der Waals surface area contributed by atoms with E-state index >= 15 is 0 Å². The first-order valence-electron chi connectivity index (χ1n) is 11.9. The molecule has 4 rings (SSSR count). The van der Waals surface area contributed by atoms with Crippen molar-refractivity contribution in [3.05, 3.63) is 0 Å². The van der Waals surface area contributed by atoms with E-state index in [0.29, 0.717) is 29.6 Å². The summed E-state index contributed by atoms with van der Waals surface area (Å²) in [7, 11) is 0. The van der Waals surface area contributed by atoms with E-state index in [4.69, 9.17) is 0 Å². The molecule has 4 saturated carbocycles. The zero-order valence-corrected chi connectivity index (χ0v) is 18.3. The van der Waals surface area contributed by atoms with E-state index in [0.717, 1.165) is 44.4 Å². The van der Waals surface area contributed by atoms with E-state index in [1.807, 2.05) is 13.8 Å². The van der Waals surface area contributed by atoms with Gasteiger partial charge in [-0.2, -0.15) is 13.2 Å². The normalized spacial score (nSPS) is 48.0. The van der Waals surface area contributed by atoms with E-state index in [2.05, 4.69) is 13.8 Å². The lowest BCUT2D eigenvalue weighted by Gasteiger charge is -2.61. The van der Waals surface area contributed by atoms with Gasteiger partial charge in [-0.15, -0.1) is 0 Å². The molecule has 0 aromatic rings. The number of alkyl halides is 3. The van der Waals surface area contributed by atoms with Crippen LogP contribution in [0.3, 0.4) is 0 Å². The first-order chi connectivity index (χ1) is 13.1. The number of hydrogen-bond acceptors (Lipinski definition) is 1. The topological polar surface area (TPSA) is 20.2 Å². The third-order valence-electron chi connectivity index (χ3n) is 9.61. The fraction of sp³-hybridized carbons (Fsp3) is 1.00. The van der Waals surface area contributed by atoms with Gasteiger partial charge in [0.1, 0.15) is 0 Å². The van der Waals surface area contributed by atoms with E-state index in [1.165, 1.54) is 19.3 Å². The Bertz CT molecular complexity index is 532. The van der Waals surface area contributed by atoms with Crippen LogP contribution in [0.25, 0.3) is 0 Å². The molecule has 0 bridgehead atoms. The Morgan fingerprint density at radius 1 is 0.857 bits per heavy atom. The minimum absolute atomic E-state index is 0.114.